The first-order valence-corrected chi connectivity index (χ1v) is 20.3. The fraction of sp³-hybridized carbons (Fsp3) is 0.111. The van der Waals surface area contributed by atoms with Crippen LogP contribution in [0.3, 0.4) is 0 Å². The molecule has 0 unspecified atom stereocenters. The molecule has 0 radical (unpaired) electrons. The zero-order valence-corrected chi connectivity index (χ0v) is 34.1. The van der Waals surface area contributed by atoms with Gasteiger partial charge in [0.25, 0.3) is 0 Å². The van der Waals surface area contributed by atoms with Gasteiger partial charge in [-0.2, -0.15) is 0 Å². The molecule has 11 rings (SSSR count). The first kappa shape index (κ1) is 35.0. The summed E-state index contributed by atoms with van der Waals surface area (Å²) < 4.78 is 11.3. The maximum Gasteiger partial charge on any atom is 0.145 e. The largest absolute Gasteiger partial charge is 0.457 e. The van der Waals surface area contributed by atoms with E-state index < -0.39 is 0 Å². The van der Waals surface area contributed by atoms with E-state index in [1.807, 2.05) is 12.4 Å². The van der Waals surface area contributed by atoms with Crippen molar-refractivity contribution in [1.29, 1.82) is 0 Å². The van der Waals surface area contributed by atoms with Crippen molar-refractivity contribution in [1.82, 2.24) is 18.8 Å². The van der Waals surface area contributed by atoms with E-state index in [1.54, 1.807) is 0 Å². The molecule has 0 atom stereocenters. The van der Waals surface area contributed by atoms with Gasteiger partial charge in [-0.15, -0.1) is 0 Å². The lowest BCUT2D eigenvalue weighted by Gasteiger charge is -2.20. The number of rotatable bonds is 5. The van der Waals surface area contributed by atoms with Crippen molar-refractivity contribution in [2.45, 2.75) is 41.5 Å². The van der Waals surface area contributed by atoms with Crippen molar-refractivity contribution in [3.8, 4) is 45.0 Å². The molecule has 0 aliphatic rings. The smallest absolute Gasteiger partial charge is 0.145 e. The van der Waals surface area contributed by atoms with Gasteiger partial charge in [-0.1, -0.05) is 72.8 Å². The second kappa shape index (κ2) is 13.2. The van der Waals surface area contributed by atoms with Crippen LogP contribution in [0.4, 0.5) is 0 Å². The van der Waals surface area contributed by atoms with Crippen LogP contribution in [0, 0.1) is 41.5 Å². The van der Waals surface area contributed by atoms with E-state index in [9.17, 15) is 0 Å². The van der Waals surface area contributed by atoms with Crippen molar-refractivity contribution >= 4 is 54.6 Å². The van der Waals surface area contributed by atoms with Gasteiger partial charge < -0.3 is 4.74 Å². The Morgan fingerprint density at radius 1 is 0.424 bits per heavy atom. The number of hydrogen-bond acceptors (Lipinski definition) is 3. The Labute approximate surface area is 342 Å². The number of aromatic nitrogens is 4. The summed E-state index contributed by atoms with van der Waals surface area (Å²) in [6, 6.07) is 45.9. The van der Waals surface area contributed by atoms with Gasteiger partial charge in [0.15, 0.2) is 0 Å². The normalized spacial score (nSPS) is 11.9. The molecule has 0 amide bonds. The summed E-state index contributed by atoms with van der Waals surface area (Å²) in [6.45, 7) is 13.2. The van der Waals surface area contributed by atoms with Gasteiger partial charge in [0.05, 0.1) is 22.9 Å². The summed E-state index contributed by atoms with van der Waals surface area (Å²) in [5.41, 5.74) is 18.9. The van der Waals surface area contributed by atoms with E-state index >= 15 is 0 Å². The van der Waals surface area contributed by atoms with Crippen LogP contribution < -0.4 is 4.74 Å². The Kier molecular flexibility index (Phi) is 7.79. The number of ether oxygens (including phenoxy) is 1. The third-order valence-corrected chi connectivity index (χ3v) is 12.5. The molecule has 0 N–H and O–H groups in total. The van der Waals surface area contributed by atoms with Crippen molar-refractivity contribution in [3.05, 3.63) is 179 Å². The number of para-hydroxylation sites is 1. The molecule has 5 nitrogen and oxygen atoms in total. The van der Waals surface area contributed by atoms with Crippen molar-refractivity contribution in [2.75, 3.05) is 0 Å². The van der Waals surface area contributed by atoms with E-state index in [0.29, 0.717) is 0 Å². The number of benzene rings is 7. The number of pyridine rings is 2. The monoisotopic (exact) mass is 762 g/mol. The first-order chi connectivity index (χ1) is 28.7. The third kappa shape index (κ3) is 5.31. The van der Waals surface area contributed by atoms with E-state index in [4.69, 9.17) is 14.7 Å². The van der Waals surface area contributed by atoms with Gasteiger partial charge in [-0.3, -0.25) is 8.80 Å². The molecule has 0 aliphatic heterocycles. The molecule has 59 heavy (non-hydrogen) atoms. The molecule has 0 bridgehead atoms. The fourth-order valence-electron chi connectivity index (χ4n) is 9.82. The highest BCUT2D eigenvalue weighted by Crippen LogP contribution is 2.44. The van der Waals surface area contributed by atoms with Crippen molar-refractivity contribution < 1.29 is 4.74 Å². The van der Waals surface area contributed by atoms with Crippen LogP contribution in [0.25, 0.3) is 88.2 Å². The third-order valence-electron chi connectivity index (χ3n) is 12.5. The Morgan fingerprint density at radius 2 is 0.966 bits per heavy atom. The lowest BCUT2D eigenvalue weighted by Crippen LogP contribution is -1.98. The summed E-state index contributed by atoms with van der Waals surface area (Å²) in [5.74, 6) is 1.50. The van der Waals surface area contributed by atoms with Gasteiger partial charge in [0.1, 0.15) is 22.8 Å². The second-order valence-corrected chi connectivity index (χ2v) is 16.2. The minimum absolute atomic E-state index is 0.750. The van der Waals surface area contributed by atoms with Crippen molar-refractivity contribution in [2.24, 2.45) is 0 Å². The highest BCUT2D eigenvalue weighted by Gasteiger charge is 2.21. The van der Waals surface area contributed by atoms with Crippen molar-refractivity contribution in [3.63, 3.8) is 0 Å². The van der Waals surface area contributed by atoms with Crippen LogP contribution >= 0.6 is 0 Å². The molecule has 11 aromatic rings. The summed E-state index contributed by atoms with van der Waals surface area (Å²) in [6.07, 6.45) is 5.99. The standard InChI is InChI=1S/C54H42N4O/c1-31-12-9-13-32(2)50(31)43-28-42-40-23-21-37(26-45(40)53-55-24-25-57(53)48(42)29-44(43)51-33(3)14-10-15-34(51)4)59-38-20-22-39-41-18-7-8-19-47(41)58-49(30-56-54(58)46(39)27-38)52-35(5)16-11-17-36(52)6/h7-30H,1-6H3. The van der Waals surface area contributed by atoms with Crippen LogP contribution in [-0.4, -0.2) is 18.8 Å². The van der Waals surface area contributed by atoms with Gasteiger partial charge in [0, 0.05) is 39.5 Å². The summed E-state index contributed by atoms with van der Waals surface area (Å²) in [7, 11) is 0. The Balaban J connectivity index is 1.10. The zero-order chi connectivity index (χ0) is 40.1. The molecule has 4 heterocycles. The second-order valence-electron chi connectivity index (χ2n) is 16.2. The SMILES string of the molecule is Cc1cccc(C)c1-c1cc2c3ccc(Oc4ccc5c6ccccc6n6c(-c7c(C)cccc7C)cnc6c5c4)cc3c3nccn3c2cc1-c1c(C)cccc1C. The zero-order valence-electron chi connectivity index (χ0n) is 34.1. The molecule has 5 heteroatoms. The first-order valence-electron chi connectivity index (χ1n) is 20.3. The van der Waals surface area contributed by atoms with E-state index in [-0.39, 0.29) is 0 Å². The van der Waals surface area contributed by atoms with Crippen LogP contribution in [-0.2, 0) is 0 Å². The lowest BCUT2D eigenvalue weighted by molar-refractivity contribution is 0.484. The molecule has 0 saturated heterocycles. The number of nitrogens with zero attached hydrogens (tertiary/aromatic N) is 4. The molecule has 0 saturated carbocycles. The highest BCUT2D eigenvalue weighted by molar-refractivity contribution is 6.15. The molecular weight excluding hydrogens is 721 g/mol. The fourth-order valence-corrected chi connectivity index (χ4v) is 9.82. The Morgan fingerprint density at radius 3 is 1.59 bits per heavy atom. The molecule has 7 aromatic carbocycles. The van der Waals surface area contributed by atoms with E-state index in [1.165, 1.54) is 72.0 Å². The maximum absolute atomic E-state index is 6.78. The van der Waals surface area contributed by atoms with E-state index in [0.717, 1.165) is 61.1 Å². The average molecular weight is 763 g/mol. The van der Waals surface area contributed by atoms with Crippen LogP contribution in [0.2, 0.25) is 0 Å². The molecule has 0 spiro atoms. The average Bonchev–Trinajstić information content (AvgIpc) is 3.90. The summed E-state index contributed by atoms with van der Waals surface area (Å²) >= 11 is 0. The topological polar surface area (TPSA) is 43.8 Å². The number of hydrogen-bond donors (Lipinski definition) is 0. The molecule has 4 aromatic heterocycles. The quantitative estimate of drug-likeness (QED) is 0.164. The minimum atomic E-state index is 0.750. The van der Waals surface area contributed by atoms with Gasteiger partial charge in [0.2, 0.25) is 0 Å². The Bertz CT molecular complexity index is 3490. The molecule has 284 valence electrons. The van der Waals surface area contributed by atoms with E-state index in [2.05, 4.69) is 184 Å². The summed E-state index contributed by atoms with van der Waals surface area (Å²) in [4.78, 5) is 10.0. The predicted octanol–water partition coefficient (Wildman–Crippen LogP) is 14.2. The van der Waals surface area contributed by atoms with Crippen LogP contribution in [0.1, 0.15) is 33.4 Å². The predicted molar refractivity (Wildman–Crippen MR) is 245 cm³/mol. The number of aryl methyl sites for hydroxylation is 6. The van der Waals surface area contributed by atoms with Crippen LogP contribution in [0.15, 0.2) is 146 Å². The molecule has 0 aliphatic carbocycles. The van der Waals surface area contributed by atoms with Crippen LogP contribution in [0.5, 0.6) is 11.5 Å². The highest BCUT2D eigenvalue weighted by atomic mass is 16.5. The van der Waals surface area contributed by atoms with Gasteiger partial charge >= 0.3 is 0 Å². The van der Waals surface area contributed by atoms with Gasteiger partial charge in [-0.25, -0.2) is 9.97 Å². The lowest BCUT2D eigenvalue weighted by atomic mass is 9.85. The number of imidazole rings is 2. The molecular formula is C54H42N4O. The van der Waals surface area contributed by atoms with Gasteiger partial charge in [-0.05, 0) is 163 Å². The number of fused-ring (bicyclic) bond motifs is 12. The summed E-state index contributed by atoms with van der Waals surface area (Å²) in [5, 5.41) is 6.70. The minimum Gasteiger partial charge on any atom is -0.457 e. The maximum atomic E-state index is 6.78. The molecule has 0 fully saturated rings. The Hall–Kier alpha value is -7.24.